The fourth-order valence-corrected chi connectivity index (χ4v) is 2.00. The lowest BCUT2D eigenvalue weighted by atomic mass is 10.2. The molecule has 0 amide bonds. The number of rotatable bonds is 4. The molecule has 94 valence electrons. The fraction of sp³-hybridized carbons (Fsp3) is 0.214. The second-order valence-corrected chi connectivity index (χ2v) is 4.60. The molecule has 0 aliphatic heterocycles. The van der Waals surface area contributed by atoms with Crippen molar-refractivity contribution in [1.82, 2.24) is 9.88 Å². The predicted molar refractivity (Wildman–Crippen MR) is 70.8 cm³/mol. The van der Waals surface area contributed by atoms with Crippen molar-refractivity contribution in [2.24, 2.45) is 0 Å². The summed E-state index contributed by atoms with van der Waals surface area (Å²) in [6.07, 6.45) is 1.75. The third-order valence-corrected chi connectivity index (χ3v) is 3.00. The van der Waals surface area contributed by atoms with Crippen LogP contribution < -0.4 is 0 Å². The van der Waals surface area contributed by atoms with Crippen LogP contribution in [0, 0.1) is 5.82 Å². The summed E-state index contributed by atoms with van der Waals surface area (Å²) in [6.45, 7) is 1.12. The summed E-state index contributed by atoms with van der Waals surface area (Å²) in [6, 6.07) is 10.5. The van der Waals surface area contributed by atoms with E-state index in [-0.39, 0.29) is 5.82 Å². The highest BCUT2D eigenvalue weighted by atomic mass is 35.5. The molecule has 0 unspecified atom stereocenters. The van der Waals surface area contributed by atoms with Gasteiger partial charge in [-0.1, -0.05) is 23.7 Å². The highest BCUT2D eigenvalue weighted by Crippen LogP contribution is 2.20. The van der Waals surface area contributed by atoms with Gasteiger partial charge >= 0.3 is 0 Å². The van der Waals surface area contributed by atoms with Gasteiger partial charge in [-0.05, 0) is 31.3 Å². The van der Waals surface area contributed by atoms with Crippen LogP contribution in [0.25, 0.3) is 0 Å². The molecule has 18 heavy (non-hydrogen) atoms. The monoisotopic (exact) mass is 264 g/mol. The topological polar surface area (TPSA) is 16.1 Å². The Morgan fingerprint density at radius 3 is 2.67 bits per heavy atom. The van der Waals surface area contributed by atoms with E-state index >= 15 is 0 Å². The molecule has 0 N–H and O–H groups in total. The van der Waals surface area contributed by atoms with Gasteiger partial charge in [-0.2, -0.15) is 0 Å². The zero-order chi connectivity index (χ0) is 13.0. The lowest BCUT2D eigenvalue weighted by Crippen LogP contribution is -2.18. The van der Waals surface area contributed by atoms with E-state index in [4.69, 9.17) is 11.6 Å². The first-order valence-corrected chi connectivity index (χ1v) is 6.06. The van der Waals surface area contributed by atoms with E-state index in [0.717, 1.165) is 5.69 Å². The Labute approximate surface area is 111 Å². The summed E-state index contributed by atoms with van der Waals surface area (Å²) in [5, 5.41) is 0.461. The largest absolute Gasteiger partial charge is 0.296 e. The normalized spacial score (nSPS) is 10.9. The quantitative estimate of drug-likeness (QED) is 0.840. The van der Waals surface area contributed by atoms with Gasteiger partial charge in [-0.25, -0.2) is 4.39 Å². The minimum absolute atomic E-state index is 0.268. The zero-order valence-electron chi connectivity index (χ0n) is 10.1. The van der Waals surface area contributed by atoms with Crippen LogP contribution in [0.3, 0.4) is 0 Å². The van der Waals surface area contributed by atoms with Crippen LogP contribution in [0.1, 0.15) is 11.3 Å². The maximum absolute atomic E-state index is 13.6. The molecule has 0 aliphatic rings. The average molecular weight is 265 g/mol. The van der Waals surface area contributed by atoms with Gasteiger partial charge in [0.1, 0.15) is 5.82 Å². The lowest BCUT2D eigenvalue weighted by molar-refractivity contribution is 0.310. The first-order chi connectivity index (χ1) is 8.66. The Morgan fingerprint density at radius 2 is 2.00 bits per heavy atom. The van der Waals surface area contributed by atoms with E-state index in [1.807, 2.05) is 30.1 Å². The summed E-state index contributed by atoms with van der Waals surface area (Å²) in [5.41, 5.74) is 1.48. The third kappa shape index (κ3) is 3.28. The van der Waals surface area contributed by atoms with E-state index in [0.29, 0.717) is 23.7 Å². The number of hydrogen-bond acceptors (Lipinski definition) is 2. The van der Waals surface area contributed by atoms with E-state index in [1.54, 1.807) is 18.3 Å². The highest BCUT2D eigenvalue weighted by Gasteiger charge is 2.10. The molecular formula is C14H14ClFN2. The molecule has 0 spiro atoms. The maximum Gasteiger partial charge on any atom is 0.129 e. The molecule has 2 rings (SSSR count). The van der Waals surface area contributed by atoms with Crippen molar-refractivity contribution in [3.63, 3.8) is 0 Å². The Kier molecular flexibility index (Phi) is 4.28. The van der Waals surface area contributed by atoms with E-state index in [1.165, 1.54) is 6.07 Å². The molecule has 0 bridgehead atoms. The lowest BCUT2D eigenvalue weighted by Gasteiger charge is -2.17. The van der Waals surface area contributed by atoms with Gasteiger partial charge < -0.3 is 0 Å². The van der Waals surface area contributed by atoms with Gasteiger partial charge in [-0.15, -0.1) is 0 Å². The Balaban J connectivity index is 2.06. The molecule has 4 heteroatoms. The maximum atomic E-state index is 13.6. The van der Waals surface area contributed by atoms with Crippen molar-refractivity contribution in [3.8, 4) is 0 Å². The second-order valence-electron chi connectivity index (χ2n) is 4.19. The molecule has 1 aromatic heterocycles. The van der Waals surface area contributed by atoms with Crippen molar-refractivity contribution < 1.29 is 4.39 Å². The molecule has 1 aromatic carbocycles. The molecule has 0 saturated carbocycles. The molecule has 2 aromatic rings. The molecular weight excluding hydrogens is 251 g/mol. The SMILES string of the molecule is CN(Cc1ccccn1)Cc1c(F)cccc1Cl. The number of nitrogens with zero attached hydrogens (tertiary/aromatic N) is 2. The van der Waals surface area contributed by atoms with Gasteiger partial charge in [0.15, 0.2) is 0 Å². The summed E-state index contributed by atoms with van der Waals surface area (Å²) >= 11 is 5.99. The number of aromatic nitrogens is 1. The highest BCUT2D eigenvalue weighted by molar-refractivity contribution is 6.31. The first kappa shape index (κ1) is 13.0. The first-order valence-electron chi connectivity index (χ1n) is 5.68. The summed E-state index contributed by atoms with van der Waals surface area (Å²) < 4.78 is 13.6. The Bertz CT molecular complexity index is 496. The van der Waals surface area contributed by atoms with Gasteiger partial charge in [0.2, 0.25) is 0 Å². The van der Waals surface area contributed by atoms with Gasteiger partial charge in [0, 0.05) is 29.9 Å². The summed E-state index contributed by atoms with van der Waals surface area (Å²) in [5.74, 6) is -0.268. The minimum Gasteiger partial charge on any atom is -0.296 e. The van der Waals surface area contributed by atoms with Gasteiger partial charge in [0.25, 0.3) is 0 Å². The van der Waals surface area contributed by atoms with E-state index < -0.39 is 0 Å². The second kappa shape index (κ2) is 5.94. The molecule has 0 atom stereocenters. The molecule has 0 aliphatic carbocycles. The number of benzene rings is 1. The van der Waals surface area contributed by atoms with Gasteiger partial charge in [0.05, 0.1) is 5.69 Å². The number of pyridine rings is 1. The Hall–Kier alpha value is -1.45. The Morgan fingerprint density at radius 1 is 1.17 bits per heavy atom. The summed E-state index contributed by atoms with van der Waals surface area (Å²) in [4.78, 5) is 6.22. The standard InChI is InChI=1S/C14H14ClFN2/c1-18(9-11-5-2-3-8-17-11)10-12-13(15)6-4-7-14(12)16/h2-8H,9-10H2,1H3. The van der Waals surface area contributed by atoms with Gasteiger partial charge in [-0.3, -0.25) is 9.88 Å². The van der Waals surface area contributed by atoms with E-state index in [9.17, 15) is 4.39 Å². The fourth-order valence-electron chi connectivity index (χ4n) is 1.78. The van der Waals surface area contributed by atoms with Crippen LogP contribution in [0.4, 0.5) is 4.39 Å². The van der Waals surface area contributed by atoms with Crippen LogP contribution in [0.5, 0.6) is 0 Å². The number of hydrogen-bond donors (Lipinski definition) is 0. The van der Waals surface area contributed by atoms with Crippen molar-refractivity contribution in [2.45, 2.75) is 13.1 Å². The van der Waals surface area contributed by atoms with Crippen molar-refractivity contribution >= 4 is 11.6 Å². The number of halogens is 2. The van der Waals surface area contributed by atoms with Crippen LogP contribution in [-0.2, 0) is 13.1 Å². The molecule has 2 nitrogen and oxygen atoms in total. The summed E-state index contributed by atoms with van der Waals surface area (Å²) in [7, 11) is 1.91. The predicted octanol–water partition coefficient (Wildman–Crippen LogP) is 3.51. The van der Waals surface area contributed by atoms with Crippen LogP contribution in [0.2, 0.25) is 5.02 Å². The average Bonchev–Trinajstić information content (AvgIpc) is 2.35. The smallest absolute Gasteiger partial charge is 0.129 e. The molecule has 0 radical (unpaired) electrons. The molecule has 0 fully saturated rings. The molecule has 0 saturated heterocycles. The van der Waals surface area contributed by atoms with Crippen LogP contribution >= 0.6 is 11.6 Å². The van der Waals surface area contributed by atoms with Crippen molar-refractivity contribution in [3.05, 3.63) is 64.7 Å². The van der Waals surface area contributed by atoms with Crippen molar-refractivity contribution in [2.75, 3.05) is 7.05 Å². The van der Waals surface area contributed by atoms with E-state index in [2.05, 4.69) is 4.98 Å². The third-order valence-electron chi connectivity index (χ3n) is 2.65. The van der Waals surface area contributed by atoms with Crippen LogP contribution in [0.15, 0.2) is 42.6 Å². The molecule has 1 heterocycles. The zero-order valence-corrected chi connectivity index (χ0v) is 10.9. The van der Waals surface area contributed by atoms with Crippen molar-refractivity contribution in [1.29, 1.82) is 0 Å². The minimum atomic E-state index is -0.268. The van der Waals surface area contributed by atoms with Crippen LogP contribution in [-0.4, -0.2) is 16.9 Å².